The highest BCUT2D eigenvalue weighted by Gasteiger charge is 1.98. The fourth-order valence-corrected chi connectivity index (χ4v) is 1.28. The van der Waals surface area contributed by atoms with Crippen molar-refractivity contribution < 1.29 is 19.0 Å². The van der Waals surface area contributed by atoms with E-state index in [9.17, 15) is 4.79 Å². The van der Waals surface area contributed by atoms with E-state index in [0.717, 1.165) is 24.7 Å². The van der Waals surface area contributed by atoms with Crippen LogP contribution in [0.3, 0.4) is 0 Å². The van der Waals surface area contributed by atoms with Gasteiger partial charge >= 0.3 is 5.97 Å². The molecule has 0 fully saturated rings. The van der Waals surface area contributed by atoms with Crippen LogP contribution in [0.15, 0.2) is 36.6 Å². The Hall–Kier alpha value is -1.55. The third kappa shape index (κ3) is 6.58. The van der Waals surface area contributed by atoms with E-state index >= 15 is 0 Å². The maximum Gasteiger partial charge on any atom is 0.330 e. The Bertz CT molecular complexity index is 305. The number of allylic oxidation sites excluding steroid dienone is 3. The molecule has 17 heavy (non-hydrogen) atoms. The molecule has 0 heterocycles. The highest BCUT2D eigenvalue weighted by atomic mass is 16.6. The highest BCUT2D eigenvalue weighted by molar-refractivity contribution is 5.81. The molecule has 0 radical (unpaired) electrons. The van der Waals surface area contributed by atoms with Crippen LogP contribution in [0.2, 0.25) is 0 Å². The van der Waals surface area contributed by atoms with Crippen molar-refractivity contribution in [2.75, 3.05) is 26.4 Å². The van der Waals surface area contributed by atoms with E-state index < -0.39 is 5.97 Å². The van der Waals surface area contributed by atoms with Crippen molar-refractivity contribution in [1.82, 2.24) is 0 Å². The number of carbonyl (C=O) groups excluding carboxylic acids is 1. The largest absolute Gasteiger partial charge is 0.492 e. The van der Waals surface area contributed by atoms with Crippen molar-refractivity contribution in [1.29, 1.82) is 0 Å². The molecule has 0 saturated carbocycles. The van der Waals surface area contributed by atoms with Crippen molar-refractivity contribution in [2.45, 2.75) is 12.8 Å². The van der Waals surface area contributed by atoms with Gasteiger partial charge in [0, 0.05) is 6.08 Å². The van der Waals surface area contributed by atoms with E-state index in [0.29, 0.717) is 19.8 Å². The Morgan fingerprint density at radius 3 is 2.82 bits per heavy atom. The molecule has 0 saturated heterocycles. The first-order valence-electron chi connectivity index (χ1n) is 5.69. The first kappa shape index (κ1) is 13.5. The van der Waals surface area contributed by atoms with E-state index in [2.05, 4.69) is 18.7 Å². The van der Waals surface area contributed by atoms with Gasteiger partial charge in [-0.1, -0.05) is 12.7 Å². The maximum atomic E-state index is 10.7. The van der Waals surface area contributed by atoms with Crippen LogP contribution >= 0.6 is 0 Å². The van der Waals surface area contributed by atoms with Crippen molar-refractivity contribution in [3.8, 4) is 0 Å². The molecule has 0 amide bonds. The molecule has 0 bridgehead atoms. The van der Waals surface area contributed by atoms with E-state index in [1.54, 1.807) is 0 Å². The SMILES string of the molecule is C=CC(=O)OCCOCCOC1=CCCC=C1. The Kier molecular flexibility index (Phi) is 6.82. The lowest BCUT2D eigenvalue weighted by Crippen LogP contribution is -2.11. The van der Waals surface area contributed by atoms with Crippen LogP contribution in [-0.2, 0) is 19.0 Å². The predicted molar refractivity (Wildman–Crippen MR) is 64.4 cm³/mol. The highest BCUT2D eigenvalue weighted by Crippen LogP contribution is 2.10. The van der Waals surface area contributed by atoms with Gasteiger partial charge in [-0.3, -0.25) is 0 Å². The first-order chi connectivity index (χ1) is 8.33. The van der Waals surface area contributed by atoms with Crippen molar-refractivity contribution >= 4 is 5.97 Å². The van der Waals surface area contributed by atoms with Gasteiger partial charge in [0.2, 0.25) is 0 Å². The molecular formula is C13H18O4. The predicted octanol–water partition coefficient (Wildman–Crippen LogP) is 1.98. The summed E-state index contributed by atoms with van der Waals surface area (Å²) >= 11 is 0. The summed E-state index contributed by atoms with van der Waals surface area (Å²) in [7, 11) is 0. The van der Waals surface area contributed by atoms with Crippen molar-refractivity contribution in [2.24, 2.45) is 0 Å². The molecule has 0 aromatic carbocycles. The van der Waals surface area contributed by atoms with Crippen LogP contribution in [-0.4, -0.2) is 32.4 Å². The second kappa shape index (κ2) is 8.58. The minimum absolute atomic E-state index is 0.244. The maximum absolute atomic E-state index is 10.7. The number of carbonyl (C=O) groups is 1. The van der Waals surface area contributed by atoms with Crippen LogP contribution in [0.25, 0.3) is 0 Å². The zero-order valence-electron chi connectivity index (χ0n) is 9.89. The Morgan fingerprint density at radius 2 is 2.12 bits per heavy atom. The van der Waals surface area contributed by atoms with Gasteiger partial charge in [0.15, 0.2) is 0 Å². The molecule has 4 nitrogen and oxygen atoms in total. The molecule has 94 valence electrons. The van der Waals surface area contributed by atoms with E-state index in [4.69, 9.17) is 14.2 Å². The molecule has 1 aliphatic rings. The van der Waals surface area contributed by atoms with Crippen LogP contribution in [0.1, 0.15) is 12.8 Å². The van der Waals surface area contributed by atoms with Gasteiger partial charge in [0.05, 0.1) is 13.2 Å². The third-order valence-corrected chi connectivity index (χ3v) is 2.10. The van der Waals surface area contributed by atoms with E-state index in [-0.39, 0.29) is 6.61 Å². The van der Waals surface area contributed by atoms with Crippen LogP contribution in [0.4, 0.5) is 0 Å². The van der Waals surface area contributed by atoms with Gasteiger partial charge in [-0.15, -0.1) is 0 Å². The third-order valence-electron chi connectivity index (χ3n) is 2.10. The molecule has 1 aliphatic carbocycles. The number of hydrogen-bond acceptors (Lipinski definition) is 4. The summed E-state index contributed by atoms with van der Waals surface area (Å²) in [5.41, 5.74) is 0. The lowest BCUT2D eigenvalue weighted by molar-refractivity contribution is -0.139. The van der Waals surface area contributed by atoms with E-state index in [1.807, 2.05) is 6.08 Å². The fourth-order valence-electron chi connectivity index (χ4n) is 1.28. The summed E-state index contributed by atoms with van der Waals surface area (Å²) in [4.78, 5) is 10.7. The summed E-state index contributed by atoms with van der Waals surface area (Å²) in [6.45, 7) is 4.90. The van der Waals surface area contributed by atoms with Gasteiger partial charge in [0.25, 0.3) is 0 Å². The van der Waals surface area contributed by atoms with Crippen LogP contribution < -0.4 is 0 Å². The number of esters is 1. The molecule has 0 N–H and O–H groups in total. The standard InChI is InChI=1S/C13H18O4/c1-2-13(14)17-11-9-15-8-10-16-12-6-4-3-5-7-12/h2,4,6-7H,1,3,5,8-11H2. The number of hydrogen-bond donors (Lipinski definition) is 0. The molecular weight excluding hydrogens is 220 g/mol. The lowest BCUT2D eigenvalue weighted by atomic mass is 10.2. The monoisotopic (exact) mass is 238 g/mol. The smallest absolute Gasteiger partial charge is 0.330 e. The first-order valence-corrected chi connectivity index (χ1v) is 5.69. The summed E-state index contributed by atoms with van der Waals surface area (Å²) in [5.74, 6) is 0.472. The molecule has 0 aromatic rings. The Labute approximate surface area is 102 Å². The number of ether oxygens (including phenoxy) is 3. The molecule has 1 rings (SSSR count). The summed E-state index contributed by atoms with van der Waals surface area (Å²) in [6.07, 6.45) is 9.36. The normalized spacial score (nSPS) is 14.0. The quantitative estimate of drug-likeness (QED) is 0.368. The lowest BCUT2D eigenvalue weighted by Gasteiger charge is -2.10. The van der Waals surface area contributed by atoms with Gasteiger partial charge in [0.1, 0.15) is 19.0 Å². The fraction of sp³-hybridized carbons (Fsp3) is 0.462. The minimum Gasteiger partial charge on any atom is -0.492 e. The summed E-state index contributed by atoms with van der Waals surface area (Å²) in [6, 6.07) is 0. The van der Waals surface area contributed by atoms with Crippen molar-refractivity contribution in [3.63, 3.8) is 0 Å². The molecule has 4 heteroatoms. The average molecular weight is 238 g/mol. The molecule has 0 unspecified atom stereocenters. The molecule has 0 aromatic heterocycles. The molecule has 0 spiro atoms. The molecule has 0 atom stereocenters. The topological polar surface area (TPSA) is 44.8 Å². The summed E-state index contributed by atoms with van der Waals surface area (Å²) < 4.78 is 15.4. The van der Waals surface area contributed by atoms with Crippen LogP contribution in [0, 0.1) is 0 Å². The van der Waals surface area contributed by atoms with Gasteiger partial charge in [-0.2, -0.15) is 0 Å². The van der Waals surface area contributed by atoms with Crippen molar-refractivity contribution in [3.05, 3.63) is 36.6 Å². The number of rotatable bonds is 8. The Morgan fingerprint density at radius 1 is 1.29 bits per heavy atom. The zero-order valence-corrected chi connectivity index (χ0v) is 9.89. The zero-order chi connectivity index (χ0) is 12.3. The van der Waals surface area contributed by atoms with Gasteiger partial charge in [-0.25, -0.2) is 4.79 Å². The van der Waals surface area contributed by atoms with Gasteiger partial charge in [-0.05, 0) is 25.0 Å². The second-order valence-electron chi connectivity index (χ2n) is 3.42. The van der Waals surface area contributed by atoms with Gasteiger partial charge < -0.3 is 14.2 Å². The Balaban J connectivity index is 1.91. The second-order valence-corrected chi connectivity index (χ2v) is 3.42. The molecule has 0 aliphatic heterocycles. The minimum atomic E-state index is -0.428. The van der Waals surface area contributed by atoms with Crippen LogP contribution in [0.5, 0.6) is 0 Å². The average Bonchev–Trinajstić information content (AvgIpc) is 2.38. The van der Waals surface area contributed by atoms with E-state index in [1.165, 1.54) is 0 Å². The summed E-state index contributed by atoms with van der Waals surface area (Å²) in [5, 5.41) is 0.